The molecule has 0 bridgehead atoms. The maximum Gasteiger partial charge on any atom is 0.225 e. The van der Waals surface area contributed by atoms with Crippen molar-refractivity contribution in [2.45, 2.75) is 12.5 Å². The summed E-state index contributed by atoms with van der Waals surface area (Å²) < 4.78 is 0. The van der Waals surface area contributed by atoms with Crippen LogP contribution in [0.2, 0.25) is 0 Å². The third-order valence-electron chi connectivity index (χ3n) is 3.59. The minimum atomic E-state index is -0.710. The van der Waals surface area contributed by atoms with E-state index in [0.717, 1.165) is 21.2 Å². The van der Waals surface area contributed by atoms with Gasteiger partial charge in [0, 0.05) is 11.4 Å². The number of hydrogen-bond acceptors (Lipinski definition) is 3. The Balaban J connectivity index is 1.66. The molecule has 0 fully saturated rings. The molecule has 1 amide bonds. The Morgan fingerprint density at radius 1 is 1.09 bits per heavy atom. The van der Waals surface area contributed by atoms with Crippen LogP contribution in [0.1, 0.15) is 16.5 Å². The number of rotatable bonds is 5. The summed E-state index contributed by atoms with van der Waals surface area (Å²) in [5.74, 6) is -0.0678. The van der Waals surface area contributed by atoms with Crippen LogP contribution in [0, 0.1) is 0 Å². The summed E-state index contributed by atoms with van der Waals surface area (Å²) in [5, 5.41) is 17.2. The van der Waals surface area contributed by atoms with Gasteiger partial charge in [-0.25, -0.2) is 0 Å². The van der Waals surface area contributed by atoms with Gasteiger partial charge in [-0.2, -0.15) is 0 Å². The topological polar surface area (TPSA) is 49.3 Å². The Hall–Kier alpha value is -2.17. The molecule has 112 valence electrons. The van der Waals surface area contributed by atoms with E-state index in [1.165, 1.54) is 0 Å². The van der Waals surface area contributed by atoms with Gasteiger partial charge in [-0.05, 0) is 27.8 Å². The molecule has 1 atom stereocenters. The normalized spacial score (nSPS) is 12.2. The second kappa shape index (κ2) is 6.73. The number of aliphatic hydroxyl groups is 1. The van der Waals surface area contributed by atoms with Crippen molar-refractivity contribution in [2.24, 2.45) is 0 Å². The maximum absolute atomic E-state index is 11.9. The van der Waals surface area contributed by atoms with E-state index in [1.807, 2.05) is 60.0 Å². The highest BCUT2D eigenvalue weighted by Gasteiger charge is 2.12. The van der Waals surface area contributed by atoms with Crippen molar-refractivity contribution in [1.82, 2.24) is 5.32 Å². The Morgan fingerprint density at radius 3 is 2.73 bits per heavy atom. The minimum absolute atomic E-state index is 0.0678. The summed E-state index contributed by atoms with van der Waals surface area (Å²) in [7, 11) is 0. The molecule has 22 heavy (non-hydrogen) atoms. The second-order valence-electron chi connectivity index (χ2n) is 5.14. The Morgan fingerprint density at radius 2 is 1.91 bits per heavy atom. The van der Waals surface area contributed by atoms with E-state index in [-0.39, 0.29) is 12.5 Å². The molecule has 0 aliphatic rings. The highest BCUT2D eigenvalue weighted by atomic mass is 32.1. The van der Waals surface area contributed by atoms with E-state index in [2.05, 4.69) is 5.32 Å². The molecule has 3 aromatic rings. The largest absolute Gasteiger partial charge is 0.387 e. The molecule has 0 saturated carbocycles. The van der Waals surface area contributed by atoms with Crippen molar-refractivity contribution in [1.29, 1.82) is 0 Å². The quantitative estimate of drug-likeness (QED) is 0.759. The highest BCUT2D eigenvalue weighted by Crippen LogP contribution is 2.23. The van der Waals surface area contributed by atoms with Gasteiger partial charge in [0.05, 0.1) is 12.5 Å². The number of carbonyl (C=O) groups excluding carboxylic acids is 1. The van der Waals surface area contributed by atoms with Gasteiger partial charge in [0.2, 0.25) is 5.91 Å². The third kappa shape index (κ3) is 3.35. The molecule has 3 nitrogen and oxygen atoms in total. The maximum atomic E-state index is 11.9. The summed E-state index contributed by atoms with van der Waals surface area (Å²) >= 11 is 1.56. The average molecular weight is 311 g/mol. The fourth-order valence-electron chi connectivity index (χ4n) is 2.50. The van der Waals surface area contributed by atoms with Crippen molar-refractivity contribution in [2.75, 3.05) is 6.54 Å². The predicted octanol–water partition coefficient (Wildman–Crippen LogP) is 3.29. The van der Waals surface area contributed by atoms with Gasteiger partial charge in [0.25, 0.3) is 0 Å². The molecule has 4 heteroatoms. The van der Waals surface area contributed by atoms with Gasteiger partial charge >= 0.3 is 0 Å². The molecule has 2 N–H and O–H groups in total. The van der Waals surface area contributed by atoms with Gasteiger partial charge in [-0.1, -0.05) is 48.5 Å². The number of carbonyl (C=O) groups is 1. The van der Waals surface area contributed by atoms with Crippen molar-refractivity contribution in [3.05, 3.63) is 70.4 Å². The van der Waals surface area contributed by atoms with Crippen LogP contribution >= 0.6 is 11.3 Å². The van der Waals surface area contributed by atoms with E-state index < -0.39 is 6.10 Å². The first-order valence-corrected chi connectivity index (χ1v) is 8.07. The van der Waals surface area contributed by atoms with E-state index in [9.17, 15) is 9.90 Å². The fraction of sp³-hybridized carbons (Fsp3) is 0.167. The first-order chi connectivity index (χ1) is 10.7. The standard InChI is InChI=1S/C18H17NO2S/c20-17(12-19-18(21)11-14-7-4-10-22-14)16-9-3-6-13-5-1-2-8-15(13)16/h1-10,17,20H,11-12H2,(H,19,21)/t17-/m0/s1. The molecule has 0 aliphatic heterocycles. The number of amides is 1. The van der Waals surface area contributed by atoms with E-state index in [1.54, 1.807) is 11.3 Å². The van der Waals surface area contributed by atoms with Gasteiger partial charge in [-0.3, -0.25) is 4.79 Å². The minimum Gasteiger partial charge on any atom is -0.387 e. The Bertz CT molecular complexity index is 762. The van der Waals surface area contributed by atoms with Crippen LogP contribution in [0.5, 0.6) is 0 Å². The van der Waals surface area contributed by atoms with E-state index in [0.29, 0.717) is 6.42 Å². The SMILES string of the molecule is O=C(Cc1cccs1)NC[C@H](O)c1cccc2ccccc12. The van der Waals surface area contributed by atoms with Crippen LogP contribution < -0.4 is 5.32 Å². The van der Waals surface area contributed by atoms with Crippen molar-refractivity contribution in [3.8, 4) is 0 Å². The second-order valence-corrected chi connectivity index (χ2v) is 6.18. The van der Waals surface area contributed by atoms with Crippen molar-refractivity contribution in [3.63, 3.8) is 0 Å². The third-order valence-corrected chi connectivity index (χ3v) is 4.47. The van der Waals surface area contributed by atoms with E-state index >= 15 is 0 Å². The predicted molar refractivity (Wildman–Crippen MR) is 89.9 cm³/mol. The number of nitrogens with one attached hydrogen (secondary N) is 1. The van der Waals surface area contributed by atoms with Gasteiger partial charge in [0.1, 0.15) is 0 Å². The first-order valence-electron chi connectivity index (χ1n) is 7.19. The zero-order valence-electron chi connectivity index (χ0n) is 12.0. The van der Waals surface area contributed by atoms with Crippen LogP contribution in [-0.2, 0) is 11.2 Å². The number of benzene rings is 2. The van der Waals surface area contributed by atoms with Gasteiger partial charge in [-0.15, -0.1) is 11.3 Å². The molecule has 2 aromatic carbocycles. The molecule has 0 radical (unpaired) electrons. The summed E-state index contributed by atoms with van der Waals surface area (Å²) in [6, 6.07) is 17.6. The molecular formula is C18H17NO2S. The lowest BCUT2D eigenvalue weighted by atomic mass is 10.0. The summed E-state index contributed by atoms with van der Waals surface area (Å²) in [6.45, 7) is 0.220. The number of hydrogen-bond donors (Lipinski definition) is 2. The zero-order valence-corrected chi connectivity index (χ0v) is 12.8. The Kier molecular flexibility index (Phi) is 4.51. The van der Waals surface area contributed by atoms with Crippen LogP contribution in [0.3, 0.4) is 0 Å². The van der Waals surface area contributed by atoms with E-state index in [4.69, 9.17) is 0 Å². The van der Waals surface area contributed by atoms with Crippen LogP contribution in [-0.4, -0.2) is 17.6 Å². The number of fused-ring (bicyclic) bond motifs is 1. The van der Waals surface area contributed by atoms with Crippen molar-refractivity contribution >= 4 is 28.0 Å². The molecule has 0 unspecified atom stereocenters. The molecule has 1 aromatic heterocycles. The molecule has 0 saturated heterocycles. The van der Waals surface area contributed by atoms with Gasteiger partial charge < -0.3 is 10.4 Å². The average Bonchev–Trinajstić information content (AvgIpc) is 3.05. The smallest absolute Gasteiger partial charge is 0.225 e. The zero-order chi connectivity index (χ0) is 15.4. The Labute approximate surface area is 133 Å². The van der Waals surface area contributed by atoms with Crippen LogP contribution in [0.15, 0.2) is 60.0 Å². The summed E-state index contributed by atoms with van der Waals surface area (Å²) in [6.07, 6.45) is -0.349. The molecular weight excluding hydrogens is 294 g/mol. The van der Waals surface area contributed by atoms with Crippen molar-refractivity contribution < 1.29 is 9.90 Å². The first kappa shape index (κ1) is 14.8. The number of thiophene rings is 1. The lowest BCUT2D eigenvalue weighted by Crippen LogP contribution is -2.29. The lowest BCUT2D eigenvalue weighted by molar-refractivity contribution is -0.120. The molecule has 0 spiro atoms. The lowest BCUT2D eigenvalue weighted by Gasteiger charge is -2.14. The summed E-state index contributed by atoms with van der Waals surface area (Å²) in [4.78, 5) is 12.9. The van der Waals surface area contributed by atoms with Crippen LogP contribution in [0.25, 0.3) is 10.8 Å². The monoisotopic (exact) mass is 311 g/mol. The van der Waals surface area contributed by atoms with Crippen LogP contribution in [0.4, 0.5) is 0 Å². The molecule has 1 heterocycles. The summed E-state index contributed by atoms with van der Waals surface area (Å²) in [5.41, 5.74) is 0.842. The fourth-order valence-corrected chi connectivity index (χ4v) is 3.20. The van der Waals surface area contributed by atoms with Gasteiger partial charge in [0.15, 0.2) is 0 Å². The highest BCUT2D eigenvalue weighted by molar-refractivity contribution is 7.10. The molecule has 0 aliphatic carbocycles. The number of aliphatic hydroxyl groups excluding tert-OH is 1. The molecule has 3 rings (SSSR count).